The normalized spacial score (nSPS) is 11.3. The number of hydrogen-bond acceptors (Lipinski definition) is 3. The van der Waals surface area contributed by atoms with Crippen LogP contribution in [0.15, 0.2) is 12.1 Å². The van der Waals surface area contributed by atoms with Crippen LogP contribution in [0, 0.1) is 12.8 Å². The molecule has 0 amide bonds. The minimum atomic E-state index is 0.233. The van der Waals surface area contributed by atoms with Crippen LogP contribution >= 0.6 is 11.3 Å². The molecule has 1 heterocycles. The Morgan fingerprint density at radius 1 is 1.47 bits per heavy atom. The lowest BCUT2D eigenvalue weighted by Gasteiger charge is -2.17. The van der Waals surface area contributed by atoms with Gasteiger partial charge in [-0.05, 0) is 32.0 Å². The molecule has 0 aliphatic heterocycles. The van der Waals surface area contributed by atoms with E-state index in [4.69, 9.17) is 0 Å². The Morgan fingerprint density at radius 2 is 2.13 bits per heavy atom. The van der Waals surface area contributed by atoms with Crippen LogP contribution in [-0.2, 0) is 0 Å². The lowest BCUT2D eigenvalue weighted by molar-refractivity contribution is 0.0944. The number of thiophene rings is 1. The van der Waals surface area contributed by atoms with Gasteiger partial charge in [-0.2, -0.15) is 0 Å². The highest BCUT2D eigenvalue weighted by molar-refractivity contribution is 7.14. The van der Waals surface area contributed by atoms with Crippen LogP contribution in [0.25, 0.3) is 0 Å². The van der Waals surface area contributed by atoms with Crippen LogP contribution in [0.1, 0.15) is 28.4 Å². The Morgan fingerprint density at radius 3 is 2.60 bits per heavy atom. The number of aryl methyl sites for hydroxylation is 1. The van der Waals surface area contributed by atoms with Crippen molar-refractivity contribution in [1.82, 2.24) is 4.90 Å². The van der Waals surface area contributed by atoms with Crippen molar-refractivity contribution in [2.24, 2.45) is 5.92 Å². The van der Waals surface area contributed by atoms with Crippen LogP contribution in [0.2, 0.25) is 0 Å². The fraction of sp³-hybridized carbons (Fsp3) is 0.583. The molecule has 0 spiro atoms. The Bertz CT molecular complexity index is 330. The lowest BCUT2D eigenvalue weighted by atomic mass is 10.2. The Labute approximate surface area is 95.9 Å². The van der Waals surface area contributed by atoms with Gasteiger partial charge >= 0.3 is 0 Å². The van der Waals surface area contributed by atoms with E-state index < -0.39 is 0 Å². The van der Waals surface area contributed by atoms with Gasteiger partial charge < -0.3 is 0 Å². The average Bonchev–Trinajstić information content (AvgIpc) is 2.49. The zero-order chi connectivity index (χ0) is 11.4. The van der Waals surface area contributed by atoms with Crippen molar-refractivity contribution in [3.8, 4) is 0 Å². The van der Waals surface area contributed by atoms with Crippen molar-refractivity contribution in [2.45, 2.75) is 20.8 Å². The fourth-order valence-electron chi connectivity index (χ4n) is 1.60. The molecule has 0 saturated heterocycles. The number of ketones is 1. The second-order valence-electron chi connectivity index (χ2n) is 4.42. The maximum atomic E-state index is 11.8. The van der Waals surface area contributed by atoms with E-state index >= 15 is 0 Å². The van der Waals surface area contributed by atoms with Gasteiger partial charge in [-0.25, -0.2) is 0 Å². The summed E-state index contributed by atoms with van der Waals surface area (Å²) in [7, 11) is 2.00. The molecular weight excluding hydrogens is 206 g/mol. The van der Waals surface area contributed by atoms with E-state index in [-0.39, 0.29) is 5.78 Å². The molecule has 0 radical (unpaired) electrons. The molecular formula is C12H19NOS. The predicted molar refractivity (Wildman–Crippen MR) is 65.7 cm³/mol. The summed E-state index contributed by atoms with van der Waals surface area (Å²) in [5, 5.41) is 0. The molecule has 0 aliphatic carbocycles. The molecule has 0 aromatic carbocycles. The number of likely N-dealkylation sites (N-methyl/N-ethyl adjacent to an activating group) is 1. The first-order chi connectivity index (χ1) is 6.99. The van der Waals surface area contributed by atoms with Crippen molar-refractivity contribution in [3.63, 3.8) is 0 Å². The number of nitrogens with zero attached hydrogens (tertiary/aromatic N) is 1. The molecule has 1 aromatic rings. The highest BCUT2D eigenvalue weighted by Gasteiger charge is 2.11. The Balaban J connectivity index is 2.49. The summed E-state index contributed by atoms with van der Waals surface area (Å²) < 4.78 is 0. The fourth-order valence-corrected chi connectivity index (χ4v) is 2.39. The molecule has 2 nitrogen and oxygen atoms in total. The van der Waals surface area contributed by atoms with Crippen molar-refractivity contribution >= 4 is 17.1 Å². The summed E-state index contributed by atoms with van der Waals surface area (Å²) >= 11 is 1.58. The smallest absolute Gasteiger partial charge is 0.186 e. The Kier molecular flexibility index (Phi) is 4.48. The summed E-state index contributed by atoms with van der Waals surface area (Å²) in [6.07, 6.45) is 0. The minimum Gasteiger partial charge on any atom is -0.299 e. The number of carbonyl (C=O) groups is 1. The van der Waals surface area contributed by atoms with E-state index in [2.05, 4.69) is 18.7 Å². The van der Waals surface area contributed by atoms with Gasteiger partial charge in [0.15, 0.2) is 5.78 Å². The van der Waals surface area contributed by atoms with Gasteiger partial charge in [0.05, 0.1) is 11.4 Å². The molecule has 84 valence electrons. The first-order valence-corrected chi connectivity index (χ1v) is 6.09. The standard InChI is InChI=1S/C12H19NOS/c1-9(2)7-13(4)8-11(14)12-6-5-10(3)15-12/h5-6,9H,7-8H2,1-4H3. The quantitative estimate of drug-likeness (QED) is 0.718. The summed E-state index contributed by atoms with van der Waals surface area (Å²) in [5.41, 5.74) is 0. The summed E-state index contributed by atoms with van der Waals surface area (Å²) in [4.78, 5) is 16.0. The molecule has 1 aromatic heterocycles. The zero-order valence-corrected chi connectivity index (χ0v) is 10.7. The van der Waals surface area contributed by atoms with Gasteiger partial charge in [-0.1, -0.05) is 13.8 Å². The maximum Gasteiger partial charge on any atom is 0.186 e. The van der Waals surface area contributed by atoms with E-state index in [0.29, 0.717) is 12.5 Å². The van der Waals surface area contributed by atoms with E-state index in [9.17, 15) is 4.79 Å². The molecule has 3 heteroatoms. The zero-order valence-electron chi connectivity index (χ0n) is 9.91. The third-order valence-electron chi connectivity index (χ3n) is 2.11. The van der Waals surface area contributed by atoms with Crippen molar-refractivity contribution in [1.29, 1.82) is 0 Å². The summed E-state index contributed by atoms with van der Waals surface area (Å²) in [6.45, 7) is 7.85. The van der Waals surface area contributed by atoms with Crippen molar-refractivity contribution < 1.29 is 4.79 Å². The maximum absolute atomic E-state index is 11.8. The van der Waals surface area contributed by atoms with Crippen LogP contribution in [0.5, 0.6) is 0 Å². The van der Waals surface area contributed by atoms with Gasteiger partial charge in [-0.15, -0.1) is 11.3 Å². The molecule has 0 unspecified atom stereocenters. The molecule has 0 bridgehead atoms. The van der Waals surface area contributed by atoms with Gasteiger partial charge in [0.2, 0.25) is 0 Å². The minimum absolute atomic E-state index is 0.233. The summed E-state index contributed by atoms with van der Waals surface area (Å²) in [5.74, 6) is 0.837. The number of Topliss-reactive ketones (excluding diaryl/α,β-unsaturated/α-hetero) is 1. The van der Waals surface area contributed by atoms with Gasteiger partial charge in [0.1, 0.15) is 0 Å². The third kappa shape index (κ3) is 4.14. The van der Waals surface area contributed by atoms with Gasteiger partial charge in [0, 0.05) is 11.4 Å². The molecule has 0 aliphatic rings. The molecule has 0 atom stereocenters. The lowest BCUT2D eigenvalue weighted by Crippen LogP contribution is -2.29. The van der Waals surface area contributed by atoms with Crippen LogP contribution in [-0.4, -0.2) is 30.8 Å². The average molecular weight is 225 g/mol. The van der Waals surface area contributed by atoms with Crippen molar-refractivity contribution in [3.05, 3.63) is 21.9 Å². The van der Waals surface area contributed by atoms with Crippen molar-refractivity contribution in [2.75, 3.05) is 20.1 Å². The molecule has 15 heavy (non-hydrogen) atoms. The van der Waals surface area contributed by atoms with E-state index in [1.807, 2.05) is 26.1 Å². The molecule has 0 saturated carbocycles. The highest BCUT2D eigenvalue weighted by Crippen LogP contribution is 2.15. The van der Waals surface area contributed by atoms with Gasteiger partial charge in [-0.3, -0.25) is 9.69 Å². The third-order valence-corrected chi connectivity index (χ3v) is 3.15. The predicted octanol–water partition coefficient (Wildman–Crippen LogP) is 2.83. The SMILES string of the molecule is Cc1ccc(C(=O)CN(C)CC(C)C)s1. The van der Waals surface area contributed by atoms with Gasteiger partial charge in [0.25, 0.3) is 0 Å². The van der Waals surface area contributed by atoms with Crippen LogP contribution in [0.4, 0.5) is 0 Å². The number of hydrogen-bond donors (Lipinski definition) is 0. The largest absolute Gasteiger partial charge is 0.299 e. The second-order valence-corrected chi connectivity index (χ2v) is 5.71. The first kappa shape index (κ1) is 12.4. The molecule has 0 fully saturated rings. The topological polar surface area (TPSA) is 20.3 Å². The van der Waals surface area contributed by atoms with Crippen LogP contribution in [0.3, 0.4) is 0 Å². The van der Waals surface area contributed by atoms with E-state index in [0.717, 1.165) is 11.4 Å². The number of carbonyl (C=O) groups excluding carboxylic acids is 1. The monoisotopic (exact) mass is 225 g/mol. The molecule has 1 rings (SSSR count). The van der Waals surface area contributed by atoms with E-state index in [1.54, 1.807) is 11.3 Å². The number of rotatable bonds is 5. The second kappa shape index (κ2) is 5.42. The highest BCUT2D eigenvalue weighted by atomic mass is 32.1. The first-order valence-electron chi connectivity index (χ1n) is 5.27. The molecule has 0 N–H and O–H groups in total. The Hall–Kier alpha value is -0.670. The van der Waals surface area contributed by atoms with Crippen LogP contribution < -0.4 is 0 Å². The summed E-state index contributed by atoms with van der Waals surface area (Å²) in [6, 6.07) is 3.92. The van der Waals surface area contributed by atoms with E-state index in [1.165, 1.54) is 4.88 Å².